The van der Waals surface area contributed by atoms with Gasteiger partial charge in [-0.1, -0.05) is 142 Å². The molecule has 2 bridgehead atoms. The Balaban J connectivity index is 0.904. The van der Waals surface area contributed by atoms with Crippen LogP contribution in [0, 0.1) is 23.7 Å². The summed E-state index contributed by atoms with van der Waals surface area (Å²) in [4.78, 5) is 2.47. The molecule has 3 saturated carbocycles. The third kappa shape index (κ3) is 5.48. The molecule has 66 heavy (non-hydrogen) atoms. The molecule has 1 aromatic heterocycles. The first kappa shape index (κ1) is 38.6. The van der Waals surface area contributed by atoms with Crippen molar-refractivity contribution in [3.05, 3.63) is 198 Å². The maximum absolute atomic E-state index is 6.67. The van der Waals surface area contributed by atoms with E-state index in [0.717, 1.165) is 45.1 Å². The summed E-state index contributed by atoms with van der Waals surface area (Å²) in [6.07, 6.45) is 10.4. The van der Waals surface area contributed by atoms with Crippen molar-refractivity contribution >= 4 is 39.0 Å². The number of benzene rings is 8. The lowest BCUT2D eigenvalue weighted by Crippen LogP contribution is -2.49. The van der Waals surface area contributed by atoms with Crippen molar-refractivity contribution in [2.75, 3.05) is 4.90 Å². The molecule has 0 N–H and O–H groups in total. The molecular weight excluding hydrogens is 799 g/mol. The van der Waals surface area contributed by atoms with E-state index in [9.17, 15) is 0 Å². The van der Waals surface area contributed by atoms with Gasteiger partial charge in [-0.3, -0.25) is 0 Å². The number of anilines is 3. The van der Waals surface area contributed by atoms with E-state index in [-0.39, 0.29) is 10.8 Å². The van der Waals surface area contributed by atoms with Gasteiger partial charge in [-0.2, -0.15) is 0 Å². The number of hydrogen-bond donors (Lipinski definition) is 0. The van der Waals surface area contributed by atoms with Gasteiger partial charge in [-0.05, 0) is 190 Å². The Bertz CT molecular complexity index is 3380. The van der Waals surface area contributed by atoms with E-state index < -0.39 is 0 Å². The predicted molar refractivity (Wildman–Crippen MR) is 274 cm³/mol. The van der Waals surface area contributed by atoms with Crippen LogP contribution in [0.5, 0.6) is 0 Å². The fourth-order valence-electron chi connectivity index (χ4n) is 15.0. The van der Waals surface area contributed by atoms with Gasteiger partial charge in [0.2, 0.25) is 0 Å². The van der Waals surface area contributed by atoms with Crippen molar-refractivity contribution < 1.29 is 4.42 Å². The minimum Gasteiger partial charge on any atom is -0.456 e. The standard InChI is InChI=1S/C64H55NO/c1-40-32-42-34-41(2)64(47(33-40)35-42)58-17-9-7-15-52(58)54-26-20-46(37-60(54)64)45-21-28-61-55(36-45)56-38-49(25-29-62(56)66-61)65(48-22-18-44(19-23-48)43-12-4-3-5-13-43)50-24-27-53-51-14-6-8-16-57(51)63(59(53)39-50)30-10-11-31-63/h3-9,12-29,36-42,47H,10-11,30-35H2,1-2H3/t40-,41+,42?,47?,64-/m1/s1. The maximum Gasteiger partial charge on any atom is 0.135 e. The van der Waals surface area contributed by atoms with Gasteiger partial charge in [0.15, 0.2) is 0 Å². The molecule has 2 spiro atoms. The fourth-order valence-corrected chi connectivity index (χ4v) is 15.0. The van der Waals surface area contributed by atoms with Gasteiger partial charge in [-0.25, -0.2) is 0 Å². The van der Waals surface area contributed by atoms with Crippen LogP contribution in [0.15, 0.2) is 180 Å². The average Bonchev–Trinajstić information content (AvgIpc) is 4.13. The van der Waals surface area contributed by atoms with Gasteiger partial charge >= 0.3 is 0 Å². The van der Waals surface area contributed by atoms with Crippen LogP contribution in [0.25, 0.3) is 66.4 Å². The molecule has 0 aliphatic heterocycles. The summed E-state index contributed by atoms with van der Waals surface area (Å²) in [5.41, 5.74) is 22.3. The molecule has 3 fully saturated rings. The molecule has 2 nitrogen and oxygen atoms in total. The molecular formula is C64H55NO. The second-order valence-corrected chi connectivity index (χ2v) is 21.0. The van der Waals surface area contributed by atoms with E-state index in [4.69, 9.17) is 4.42 Å². The number of fused-ring (bicyclic) bond motifs is 16. The lowest BCUT2D eigenvalue weighted by Gasteiger charge is -2.54. The van der Waals surface area contributed by atoms with E-state index in [2.05, 4.69) is 195 Å². The topological polar surface area (TPSA) is 16.4 Å². The maximum atomic E-state index is 6.67. The molecule has 5 aliphatic carbocycles. The summed E-state index contributed by atoms with van der Waals surface area (Å²) >= 11 is 0. The predicted octanol–water partition coefficient (Wildman–Crippen LogP) is 17.6. The van der Waals surface area contributed by atoms with E-state index in [1.165, 1.54) is 113 Å². The Labute approximate surface area is 389 Å². The summed E-state index contributed by atoms with van der Waals surface area (Å²) < 4.78 is 6.67. The minimum atomic E-state index is 0.0645. The Morgan fingerprint density at radius 2 is 1.02 bits per heavy atom. The number of nitrogens with zero attached hydrogens (tertiary/aromatic N) is 1. The van der Waals surface area contributed by atoms with Gasteiger partial charge in [0, 0.05) is 38.7 Å². The van der Waals surface area contributed by atoms with Crippen molar-refractivity contribution in [3.8, 4) is 44.5 Å². The molecule has 0 amide bonds. The molecule has 5 atom stereocenters. The van der Waals surface area contributed by atoms with Crippen LogP contribution >= 0.6 is 0 Å². The quantitative estimate of drug-likeness (QED) is 0.171. The van der Waals surface area contributed by atoms with E-state index in [1.807, 2.05) is 0 Å². The van der Waals surface area contributed by atoms with Crippen LogP contribution in [-0.2, 0) is 10.8 Å². The molecule has 2 unspecified atom stereocenters. The first-order chi connectivity index (χ1) is 32.5. The van der Waals surface area contributed by atoms with Gasteiger partial charge in [0.05, 0.1) is 0 Å². The van der Waals surface area contributed by atoms with Gasteiger partial charge in [0.1, 0.15) is 11.2 Å². The molecule has 9 aromatic rings. The van der Waals surface area contributed by atoms with Crippen LogP contribution in [-0.4, -0.2) is 0 Å². The summed E-state index contributed by atoms with van der Waals surface area (Å²) in [6.45, 7) is 5.08. The SMILES string of the molecule is C[C@@H]1CC2CC(C1)[C@@]1(c3ccccc3-c3ccc(-c4ccc5oc6ccc(N(c7ccc(-c8ccccc8)cc7)c7ccc8c(c7)C7(CCCC7)c7ccccc7-8)cc6c5c4)cc31)[C@@H](C)C2. The van der Waals surface area contributed by atoms with Crippen LogP contribution in [0.4, 0.5) is 17.1 Å². The summed E-state index contributed by atoms with van der Waals surface area (Å²) in [5, 5.41) is 2.30. The van der Waals surface area contributed by atoms with Crippen molar-refractivity contribution in [1.29, 1.82) is 0 Å². The Morgan fingerprint density at radius 3 is 1.83 bits per heavy atom. The van der Waals surface area contributed by atoms with E-state index in [1.54, 1.807) is 11.1 Å². The molecule has 2 heteroatoms. The van der Waals surface area contributed by atoms with E-state index >= 15 is 0 Å². The fraction of sp³-hybridized carbons (Fsp3) is 0.250. The van der Waals surface area contributed by atoms with Crippen molar-refractivity contribution in [2.45, 2.75) is 76.0 Å². The van der Waals surface area contributed by atoms with E-state index in [0.29, 0.717) is 11.8 Å². The molecule has 0 saturated heterocycles. The largest absolute Gasteiger partial charge is 0.456 e. The third-order valence-corrected chi connectivity index (χ3v) is 17.5. The van der Waals surface area contributed by atoms with Crippen LogP contribution in [0.3, 0.4) is 0 Å². The molecule has 14 rings (SSSR count). The van der Waals surface area contributed by atoms with Crippen LogP contribution in [0.2, 0.25) is 0 Å². The first-order valence-electron chi connectivity index (χ1n) is 24.9. The zero-order valence-corrected chi connectivity index (χ0v) is 38.1. The van der Waals surface area contributed by atoms with Crippen molar-refractivity contribution in [3.63, 3.8) is 0 Å². The molecule has 0 radical (unpaired) electrons. The minimum absolute atomic E-state index is 0.0645. The number of hydrogen-bond acceptors (Lipinski definition) is 2. The smallest absolute Gasteiger partial charge is 0.135 e. The summed E-state index contributed by atoms with van der Waals surface area (Å²) in [7, 11) is 0. The number of furan rings is 1. The normalized spacial score (nSPS) is 23.0. The first-order valence-corrected chi connectivity index (χ1v) is 24.9. The van der Waals surface area contributed by atoms with Crippen LogP contribution < -0.4 is 4.90 Å². The highest BCUT2D eigenvalue weighted by atomic mass is 16.3. The molecule has 8 aromatic carbocycles. The highest BCUT2D eigenvalue weighted by Crippen LogP contribution is 2.65. The lowest BCUT2D eigenvalue weighted by molar-refractivity contribution is 0.0426. The van der Waals surface area contributed by atoms with Crippen molar-refractivity contribution in [2.24, 2.45) is 23.7 Å². The Hall–Kier alpha value is -6.64. The highest BCUT2D eigenvalue weighted by Gasteiger charge is 2.56. The monoisotopic (exact) mass is 853 g/mol. The summed E-state index contributed by atoms with van der Waals surface area (Å²) in [5.74, 6) is 2.92. The van der Waals surface area contributed by atoms with Crippen molar-refractivity contribution in [1.82, 2.24) is 0 Å². The molecule has 5 aliphatic rings. The number of rotatable bonds is 5. The lowest BCUT2D eigenvalue weighted by atomic mass is 9.49. The molecule has 1 heterocycles. The Morgan fingerprint density at radius 1 is 0.439 bits per heavy atom. The Kier molecular flexibility index (Phi) is 8.44. The van der Waals surface area contributed by atoms with Gasteiger partial charge in [-0.15, -0.1) is 0 Å². The third-order valence-electron chi connectivity index (χ3n) is 17.5. The van der Waals surface area contributed by atoms with Gasteiger partial charge < -0.3 is 9.32 Å². The second kappa shape index (κ2) is 14.4. The van der Waals surface area contributed by atoms with Gasteiger partial charge in [0.25, 0.3) is 0 Å². The molecule has 322 valence electrons. The summed E-state index contributed by atoms with van der Waals surface area (Å²) in [6, 6.07) is 66.9. The average molecular weight is 854 g/mol. The zero-order valence-electron chi connectivity index (χ0n) is 38.1. The zero-order chi connectivity index (χ0) is 43.7. The second-order valence-electron chi connectivity index (χ2n) is 21.0. The van der Waals surface area contributed by atoms with Crippen LogP contribution in [0.1, 0.15) is 87.5 Å². The highest BCUT2D eigenvalue weighted by molar-refractivity contribution is 6.08.